The van der Waals surface area contributed by atoms with Crippen LogP contribution in [0.2, 0.25) is 0 Å². The van der Waals surface area contributed by atoms with Crippen LogP contribution in [0, 0.1) is 26.6 Å². The van der Waals surface area contributed by atoms with Crippen molar-refractivity contribution >= 4 is 39.0 Å². The second-order valence-electron chi connectivity index (χ2n) is 7.88. The lowest BCUT2D eigenvalue weighted by molar-refractivity contribution is 0.103. The van der Waals surface area contributed by atoms with Crippen LogP contribution in [0.3, 0.4) is 0 Å². The van der Waals surface area contributed by atoms with Gasteiger partial charge in [0.05, 0.1) is 15.9 Å². The van der Waals surface area contributed by atoms with E-state index in [1.165, 1.54) is 23.0 Å². The molecule has 2 aromatic carbocycles. The van der Waals surface area contributed by atoms with E-state index in [0.29, 0.717) is 27.3 Å². The Balaban J connectivity index is 1.40. The van der Waals surface area contributed by atoms with Crippen LogP contribution >= 0.6 is 27.3 Å². The van der Waals surface area contributed by atoms with E-state index in [2.05, 4.69) is 39.3 Å². The molecule has 0 radical (unpaired) electrons. The minimum atomic E-state index is -0.293. The smallest absolute Gasteiger partial charge is 0.266 e. The molecular weight excluding hydrogens is 505 g/mol. The Hall–Kier alpha value is -2.97. The predicted octanol–water partition coefficient (Wildman–Crippen LogP) is 6.65. The monoisotopic (exact) mass is 527 g/mol. The van der Waals surface area contributed by atoms with Gasteiger partial charge in [-0.3, -0.25) is 9.48 Å². The Morgan fingerprint density at radius 1 is 1.21 bits per heavy atom. The molecule has 33 heavy (non-hydrogen) atoms. The fraction of sp³-hybridized carbons (Fsp3) is 0.200. The number of halogens is 2. The van der Waals surface area contributed by atoms with Gasteiger partial charge in [0, 0.05) is 17.3 Å². The Kier molecular flexibility index (Phi) is 6.95. The van der Waals surface area contributed by atoms with Crippen LogP contribution in [0.15, 0.2) is 58.5 Å². The third-order valence-electron chi connectivity index (χ3n) is 5.28. The number of rotatable bonds is 7. The molecule has 5 nitrogen and oxygen atoms in total. The summed E-state index contributed by atoms with van der Waals surface area (Å²) in [6, 6.07) is 12.5. The maximum Gasteiger partial charge on any atom is 0.266 e. The molecule has 8 heteroatoms. The highest BCUT2D eigenvalue weighted by atomic mass is 79.9. The molecule has 0 spiro atoms. The van der Waals surface area contributed by atoms with Gasteiger partial charge in [0.1, 0.15) is 18.2 Å². The van der Waals surface area contributed by atoms with Crippen molar-refractivity contribution in [3.05, 3.63) is 97.0 Å². The zero-order valence-corrected chi connectivity index (χ0v) is 20.9. The number of benzene rings is 2. The van der Waals surface area contributed by atoms with Crippen LogP contribution in [0.5, 0.6) is 5.75 Å². The Morgan fingerprint density at radius 3 is 2.79 bits per heavy atom. The van der Waals surface area contributed by atoms with E-state index in [0.717, 1.165) is 22.4 Å². The van der Waals surface area contributed by atoms with Crippen molar-refractivity contribution in [2.45, 2.75) is 33.9 Å². The molecule has 0 saturated heterocycles. The van der Waals surface area contributed by atoms with E-state index in [9.17, 15) is 9.18 Å². The number of carbonyl (C=O) groups excluding carboxylic acids is 1. The van der Waals surface area contributed by atoms with Gasteiger partial charge in [0.25, 0.3) is 5.91 Å². The number of aromatic nitrogens is 2. The molecule has 4 aromatic rings. The quantitative estimate of drug-likeness (QED) is 0.292. The van der Waals surface area contributed by atoms with Gasteiger partial charge in [0.2, 0.25) is 0 Å². The summed E-state index contributed by atoms with van der Waals surface area (Å²) in [7, 11) is 0. The lowest BCUT2D eigenvalue weighted by Crippen LogP contribution is -2.12. The zero-order valence-electron chi connectivity index (χ0n) is 18.5. The Bertz CT molecular complexity index is 1310. The standard InChI is InChI=1S/C25H23BrFN3O2S/c1-15-8-16(2)17(3)22(9-15)32-13-18-10-23(33-14-18)25(31)28-24-20(26)12-30(29-24)11-19-6-4-5-7-21(19)27/h4-10,12,14H,11,13H2,1-3H3,(H,28,29,31). The van der Waals surface area contributed by atoms with Gasteiger partial charge in [0.15, 0.2) is 5.82 Å². The van der Waals surface area contributed by atoms with E-state index in [4.69, 9.17) is 4.74 Å². The van der Waals surface area contributed by atoms with Gasteiger partial charge < -0.3 is 10.1 Å². The molecular formula is C25H23BrFN3O2S. The first-order valence-electron chi connectivity index (χ1n) is 10.4. The molecule has 170 valence electrons. The van der Waals surface area contributed by atoms with Crippen molar-refractivity contribution in [1.82, 2.24) is 9.78 Å². The summed E-state index contributed by atoms with van der Waals surface area (Å²) in [6.45, 7) is 6.80. The van der Waals surface area contributed by atoms with Gasteiger partial charge >= 0.3 is 0 Å². The second kappa shape index (κ2) is 9.89. The molecule has 0 unspecified atom stereocenters. The molecule has 0 aliphatic heterocycles. The van der Waals surface area contributed by atoms with Crippen molar-refractivity contribution in [3.63, 3.8) is 0 Å². The van der Waals surface area contributed by atoms with Gasteiger partial charge in [-0.1, -0.05) is 24.3 Å². The Labute approximate surface area is 204 Å². The number of carbonyl (C=O) groups is 1. The number of amides is 1. The van der Waals surface area contributed by atoms with E-state index in [-0.39, 0.29) is 18.3 Å². The van der Waals surface area contributed by atoms with E-state index >= 15 is 0 Å². The van der Waals surface area contributed by atoms with Crippen LogP contribution in [0.1, 0.15) is 37.5 Å². The van der Waals surface area contributed by atoms with Crippen LogP contribution in [0.25, 0.3) is 0 Å². The minimum absolute atomic E-state index is 0.259. The fourth-order valence-corrected chi connectivity index (χ4v) is 4.62. The van der Waals surface area contributed by atoms with Crippen LogP contribution in [-0.4, -0.2) is 15.7 Å². The first kappa shape index (κ1) is 23.2. The lowest BCUT2D eigenvalue weighted by Gasteiger charge is -2.11. The third-order valence-corrected chi connectivity index (χ3v) is 6.83. The molecule has 0 bridgehead atoms. The highest BCUT2D eigenvalue weighted by Gasteiger charge is 2.15. The highest BCUT2D eigenvalue weighted by molar-refractivity contribution is 9.10. The number of ether oxygens (including phenoxy) is 1. The first-order chi connectivity index (χ1) is 15.8. The van der Waals surface area contributed by atoms with E-state index in [1.807, 2.05) is 31.4 Å². The largest absolute Gasteiger partial charge is 0.489 e. The number of nitrogens with one attached hydrogen (secondary N) is 1. The summed E-state index contributed by atoms with van der Waals surface area (Å²) >= 11 is 4.76. The molecule has 0 aliphatic rings. The number of thiophene rings is 1. The first-order valence-corrected chi connectivity index (χ1v) is 12.0. The Morgan fingerprint density at radius 2 is 2.00 bits per heavy atom. The molecule has 2 aromatic heterocycles. The molecule has 0 atom stereocenters. The van der Waals surface area contributed by atoms with Crippen molar-refractivity contribution < 1.29 is 13.9 Å². The second-order valence-corrected chi connectivity index (χ2v) is 9.65. The summed E-state index contributed by atoms with van der Waals surface area (Å²) in [5.41, 5.74) is 4.90. The van der Waals surface area contributed by atoms with E-state index in [1.54, 1.807) is 29.1 Å². The van der Waals surface area contributed by atoms with Crippen LogP contribution in [-0.2, 0) is 13.2 Å². The summed E-state index contributed by atoms with van der Waals surface area (Å²) < 4.78 is 22.1. The molecule has 1 amide bonds. The van der Waals surface area contributed by atoms with Crippen molar-refractivity contribution in [3.8, 4) is 5.75 Å². The normalized spacial score (nSPS) is 10.9. The van der Waals surface area contributed by atoms with Gasteiger partial charge in [-0.05, 0) is 77.0 Å². The molecule has 0 aliphatic carbocycles. The maximum absolute atomic E-state index is 13.9. The van der Waals surface area contributed by atoms with Gasteiger partial charge in [-0.25, -0.2) is 4.39 Å². The zero-order chi connectivity index (χ0) is 23.5. The molecule has 2 heterocycles. The average molecular weight is 528 g/mol. The van der Waals surface area contributed by atoms with Crippen molar-refractivity contribution in [2.24, 2.45) is 0 Å². The van der Waals surface area contributed by atoms with Gasteiger partial charge in [-0.2, -0.15) is 5.10 Å². The van der Waals surface area contributed by atoms with Crippen LogP contribution < -0.4 is 10.1 Å². The van der Waals surface area contributed by atoms with Crippen molar-refractivity contribution in [1.29, 1.82) is 0 Å². The summed E-state index contributed by atoms with van der Waals surface area (Å²) in [5, 5.41) is 9.10. The number of nitrogens with zero attached hydrogens (tertiary/aromatic N) is 2. The number of anilines is 1. The number of aryl methyl sites for hydroxylation is 2. The molecule has 4 rings (SSSR count). The maximum atomic E-state index is 13.9. The fourth-order valence-electron chi connectivity index (χ4n) is 3.42. The van der Waals surface area contributed by atoms with Crippen LogP contribution in [0.4, 0.5) is 10.2 Å². The third kappa shape index (κ3) is 5.51. The highest BCUT2D eigenvalue weighted by Crippen LogP contribution is 2.26. The summed E-state index contributed by atoms with van der Waals surface area (Å²) in [6.07, 6.45) is 1.71. The lowest BCUT2D eigenvalue weighted by atomic mass is 10.1. The summed E-state index contributed by atoms with van der Waals surface area (Å²) in [4.78, 5) is 13.3. The van der Waals surface area contributed by atoms with E-state index < -0.39 is 0 Å². The van der Waals surface area contributed by atoms with Gasteiger partial charge in [-0.15, -0.1) is 11.3 Å². The molecule has 1 N–H and O–H groups in total. The number of hydrogen-bond acceptors (Lipinski definition) is 4. The minimum Gasteiger partial charge on any atom is -0.489 e. The SMILES string of the molecule is Cc1cc(C)c(C)c(OCc2csc(C(=O)Nc3nn(Cc4ccccc4F)cc3Br)c2)c1. The van der Waals surface area contributed by atoms with Crippen molar-refractivity contribution in [2.75, 3.05) is 5.32 Å². The average Bonchev–Trinajstić information content (AvgIpc) is 3.38. The molecule has 0 saturated carbocycles. The predicted molar refractivity (Wildman–Crippen MR) is 133 cm³/mol. The summed E-state index contributed by atoms with van der Waals surface area (Å²) in [5.74, 6) is 0.687. The molecule has 0 fully saturated rings. The topological polar surface area (TPSA) is 56.1 Å². The number of hydrogen-bond donors (Lipinski definition) is 1.